The molecule has 3 aromatic carbocycles. The molecule has 2 N–H and O–H groups in total. The SMILES string of the molecule is C[C@@H](Nc1ccc2c(c1)OCO2)C(=O)Nc1ccccc1C(=O)c1ccccc1. The highest BCUT2D eigenvalue weighted by Crippen LogP contribution is 2.34. The van der Waals surface area contributed by atoms with E-state index in [1.807, 2.05) is 24.3 Å². The Morgan fingerprint density at radius 3 is 2.45 bits per heavy atom. The minimum atomic E-state index is -0.532. The molecule has 29 heavy (non-hydrogen) atoms. The van der Waals surface area contributed by atoms with E-state index in [0.29, 0.717) is 28.3 Å². The van der Waals surface area contributed by atoms with E-state index in [4.69, 9.17) is 9.47 Å². The van der Waals surface area contributed by atoms with Crippen molar-refractivity contribution in [3.05, 3.63) is 83.9 Å². The number of fused-ring (bicyclic) bond motifs is 1. The van der Waals surface area contributed by atoms with Crippen molar-refractivity contribution in [1.29, 1.82) is 0 Å². The highest BCUT2D eigenvalue weighted by Gasteiger charge is 2.19. The fourth-order valence-corrected chi connectivity index (χ4v) is 3.08. The number of hydrogen-bond acceptors (Lipinski definition) is 5. The van der Waals surface area contributed by atoms with Crippen molar-refractivity contribution in [2.75, 3.05) is 17.4 Å². The number of nitrogens with one attached hydrogen (secondary N) is 2. The molecular weight excluding hydrogens is 368 g/mol. The zero-order valence-electron chi connectivity index (χ0n) is 15.8. The van der Waals surface area contributed by atoms with Crippen LogP contribution in [0.3, 0.4) is 0 Å². The van der Waals surface area contributed by atoms with Crippen LogP contribution in [0.4, 0.5) is 11.4 Å². The first-order valence-corrected chi connectivity index (χ1v) is 9.27. The molecule has 1 aliphatic rings. The Morgan fingerprint density at radius 2 is 1.62 bits per heavy atom. The maximum atomic E-state index is 12.8. The lowest BCUT2D eigenvalue weighted by Crippen LogP contribution is -2.32. The van der Waals surface area contributed by atoms with Gasteiger partial charge < -0.3 is 20.1 Å². The van der Waals surface area contributed by atoms with E-state index >= 15 is 0 Å². The molecule has 0 radical (unpaired) electrons. The second-order valence-corrected chi connectivity index (χ2v) is 6.66. The summed E-state index contributed by atoms with van der Waals surface area (Å²) in [5, 5.41) is 5.99. The highest BCUT2D eigenvalue weighted by molar-refractivity contribution is 6.14. The van der Waals surface area contributed by atoms with Crippen molar-refractivity contribution in [3.63, 3.8) is 0 Å². The van der Waals surface area contributed by atoms with Gasteiger partial charge in [-0.15, -0.1) is 0 Å². The first-order valence-electron chi connectivity index (χ1n) is 9.27. The Balaban J connectivity index is 1.48. The molecule has 0 spiro atoms. The number of carbonyl (C=O) groups excluding carboxylic acids is 2. The van der Waals surface area contributed by atoms with Crippen molar-refractivity contribution >= 4 is 23.1 Å². The van der Waals surface area contributed by atoms with E-state index in [-0.39, 0.29) is 18.5 Å². The molecule has 1 amide bonds. The molecule has 6 heteroatoms. The topological polar surface area (TPSA) is 76.7 Å². The van der Waals surface area contributed by atoms with Crippen LogP contribution in [0, 0.1) is 0 Å². The average Bonchev–Trinajstić information content (AvgIpc) is 3.22. The molecule has 1 atom stereocenters. The zero-order chi connectivity index (χ0) is 20.2. The molecule has 1 aliphatic heterocycles. The molecule has 3 aromatic rings. The lowest BCUT2D eigenvalue weighted by atomic mass is 10.0. The Bertz CT molecular complexity index is 1050. The van der Waals surface area contributed by atoms with Gasteiger partial charge in [0, 0.05) is 22.9 Å². The molecule has 0 aromatic heterocycles. The number of ketones is 1. The molecule has 0 saturated heterocycles. The number of amides is 1. The molecule has 0 unspecified atom stereocenters. The number of benzene rings is 3. The fourth-order valence-electron chi connectivity index (χ4n) is 3.08. The molecule has 146 valence electrons. The highest BCUT2D eigenvalue weighted by atomic mass is 16.7. The first-order chi connectivity index (χ1) is 14.1. The van der Waals surface area contributed by atoms with Gasteiger partial charge in [-0.05, 0) is 31.2 Å². The Hall–Kier alpha value is -3.80. The van der Waals surface area contributed by atoms with Crippen LogP contribution in [0.5, 0.6) is 11.5 Å². The third kappa shape index (κ3) is 4.06. The van der Waals surface area contributed by atoms with Crippen LogP contribution in [-0.4, -0.2) is 24.5 Å². The molecule has 0 bridgehead atoms. The maximum absolute atomic E-state index is 12.8. The normalized spacial score (nSPS) is 12.9. The van der Waals surface area contributed by atoms with Gasteiger partial charge in [0.2, 0.25) is 12.7 Å². The van der Waals surface area contributed by atoms with E-state index in [1.54, 1.807) is 55.5 Å². The quantitative estimate of drug-likeness (QED) is 0.622. The van der Waals surface area contributed by atoms with Crippen LogP contribution in [0.25, 0.3) is 0 Å². The van der Waals surface area contributed by atoms with Gasteiger partial charge in [0.15, 0.2) is 17.3 Å². The van der Waals surface area contributed by atoms with Crippen LogP contribution in [0.15, 0.2) is 72.8 Å². The summed E-state index contributed by atoms with van der Waals surface area (Å²) in [6.45, 7) is 1.95. The summed E-state index contributed by atoms with van der Waals surface area (Å²) in [4.78, 5) is 25.5. The summed E-state index contributed by atoms with van der Waals surface area (Å²) in [5.41, 5.74) is 2.24. The Labute approximate surface area is 168 Å². The molecule has 0 saturated carbocycles. The molecule has 4 rings (SSSR count). The van der Waals surface area contributed by atoms with Crippen LogP contribution in [0.1, 0.15) is 22.8 Å². The molecule has 6 nitrogen and oxygen atoms in total. The standard InChI is InChI=1S/C23H20N2O4/c1-15(24-17-11-12-20-21(13-17)29-14-28-20)23(27)25-19-10-6-5-9-18(19)22(26)16-7-3-2-4-8-16/h2-13,15,24H,14H2,1H3,(H,25,27)/t15-/m1/s1. The number of carbonyl (C=O) groups is 2. The van der Waals surface area contributed by atoms with Gasteiger partial charge in [-0.1, -0.05) is 42.5 Å². The summed E-state index contributed by atoms with van der Waals surface area (Å²) in [7, 11) is 0. The van der Waals surface area contributed by atoms with Crippen LogP contribution in [0.2, 0.25) is 0 Å². The number of anilines is 2. The van der Waals surface area contributed by atoms with Crippen molar-refractivity contribution in [1.82, 2.24) is 0 Å². The second-order valence-electron chi connectivity index (χ2n) is 6.66. The van der Waals surface area contributed by atoms with Crippen LogP contribution < -0.4 is 20.1 Å². The van der Waals surface area contributed by atoms with Gasteiger partial charge in [-0.2, -0.15) is 0 Å². The summed E-state index contributed by atoms with van der Waals surface area (Å²) in [5.74, 6) is 0.927. The van der Waals surface area contributed by atoms with E-state index in [2.05, 4.69) is 10.6 Å². The molecule has 1 heterocycles. The third-order valence-corrected chi connectivity index (χ3v) is 4.61. The van der Waals surface area contributed by atoms with Crippen molar-refractivity contribution < 1.29 is 19.1 Å². The monoisotopic (exact) mass is 388 g/mol. The number of para-hydroxylation sites is 1. The van der Waals surface area contributed by atoms with E-state index < -0.39 is 6.04 Å². The second kappa shape index (κ2) is 8.06. The van der Waals surface area contributed by atoms with Gasteiger partial charge in [0.05, 0.1) is 5.69 Å². The lowest BCUT2D eigenvalue weighted by molar-refractivity contribution is -0.116. The van der Waals surface area contributed by atoms with Gasteiger partial charge in [0.25, 0.3) is 0 Å². The molecular formula is C23H20N2O4. The average molecular weight is 388 g/mol. The van der Waals surface area contributed by atoms with Crippen molar-refractivity contribution in [2.24, 2.45) is 0 Å². The summed E-state index contributed by atoms with van der Waals surface area (Å²) < 4.78 is 10.7. The maximum Gasteiger partial charge on any atom is 0.246 e. The van der Waals surface area contributed by atoms with E-state index in [9.17, 15) is 9.59 Å². The predicted octanol–water partition coefficient (Wildman–Crippen LogP) is 4.09. The summed E-state index contributed by atoms with van der Waals surface area (Å²) in [6, 6.07) is 20.9. The zero-order valence-corrected chi connectivity index (χ0v) is 15.8. The van der Waals surface area contributed by atoms with Gasteiger partial charge in [-0.25, -0.2) is 0 Å². The van der Waals surface area contributed by atoms with Crippen molar-refractivity contribution in [3.8, 4) is 11.5 Å². The van der Waals surface area contributed by atoms with Crippen molar-refractivity contribution in [2.45, 2.75) is 13.0 Å². The molecule has 0 fully saturated rings. The van der Waals surface area contributed by atoms with Crippen LogP contribution >= 0.6 is 0 Å². The molecule has 0 aliphatic carbocycles. The minimum Gasteiger partial charge on any atom is -0.454 e. The lowest BCUT2D eigenvalue weighted by Gasteiger charge is -2.17. The van der Waals surface area contributed by atoms with Gasteiger partial charge >= 0.3 is 0 Å². The largest absolute Gasteiger partial charge is 0.454 e. The van der Waals surface area contributed by atoms with Gasteiger partial charge in [0.1, 0.15) is 6.04 Å². The smallest absolute Gasteiger partial charge is 0.246 e. The van der Waals surface area contributed by atoms with E-state index in [0.717, 1.165) is 5.69 Å². The summed E-state index contributed by atoms with van der Waals surface area (Å²) >= 11 is 0. The Morgan fingerprint density at radius 1 is 0.897 bits per heavy atom. The van der Waals surface area contributed by atoms with Gasteiger partial charge in [-0.3, -0.25) is 9.59 Å². The Kier molecular flexibility index (Phi) is 5.16. The predicted molar refractivity (Wildman–Crippen MR) is 111 cm³/mol. The number of rotatable bonds is 6. The first kappa shape index (κ1) is 18.6. The number of ether oxygens (including phenoxy) is 2. The summed E-state index contributed by atoms with van der Waals surface area (Å²) in [6.07, 6.45) is 0. The van der Waals surface area contributed by atoms with Crippen LogP contribution in [-0.2, 0) is 4.79 Å². The third-order valence-electron chi connectivity index (χ3n) is 4.61. The fraction of sp³-hybridized carbons (Fsp3) is 0.130. The minimum absolute atomic E-state index is 0.141. The van der Waals surface area contributed by atoms with E-state index in [1.165, 1.54) is 0 Å². The number of hydrogen-bond donors (Lipinski definition) is 2.